The van der Waals surface area contributed by atoms with Crippen LogP contribution in [0, 0.1) is 5.92 Å². The summed E-state index contributed by atoms with van der Waals surface area (Å²) in [7, 11) is 3.13. The van der Waals surface area contributed by atoms with Crippen molar-refractivity contribution < 1.29 is 19.1 Å². The van der Waals surface area contributed by atoms with Gasteiger partial charge in [-0.2, -0.15) is 0 Å². The summed E-state index contributed by atoms with van der Waals surface area (Å²) < 4.78 is 10.5. The largest absolute Gasteiger partial charge is 0.497 e. The van der Waals surface area contributed by atoms with Crippen LogP contribution in [0.3, 0.4) is 0 Å². The van der Waals surface area contributed by atoms with Gasteiger partial charge in [0, 0.05) is 43.7 Å². The van der Waals surface area contributed by atoms with Gasteiger partial charge in [0.1, 0.15) is 11.5 Å². The number of hydrogen-bond acceptors (Lipinski definition) is 5. The number of ether oxygens (including phenoxy) is 2. The fraction of sp³-hybridized carbons (Fsp3) is 0.524. The monoisotopic (exact) mass is 423 g/mol. The zero-order chi connectivity index (χ0) is 19.9. The molecule has 0 saturated carbocycles. The van der Waals surface area contributed by atoms with E-state index >= 15 is 0 Å². The van der Waals surface area contributed by atoms with E-state index in [1.165, 1.54) is 5.57 Å². The second-order valence-electron chi connectivity index (χ2n) is 7.20. The Morgan fingerprint density at radius 3 is 2.34 bits per heavy atom. The molecular formula is C21H30ClN3O4. The third-order valence-corrected chi connectivity index (χ3v) is 5.40. The summed E-state index contributed by atoms with van der Waals surface area (Å²) in [6.45, 7) is 3.62. The molecular weight excluding hydrogens is 394 g/mol. The molecule has 29 heavy (non-hydrogen) atoms. The van der Waals surface area contributed by atoms with Gasteiger partial charge in [0.05, 0.1) is 14.2 Å². The normalized spacial score (nSPS) is 17.0. The van der Waals surface area contributed by atoms with Crippen LogP contribution in [-0.2, 0) is 4.79 Å². The summed E-state index contributed by atoms with van der Waals surface area (Å²) in [6, 6.07) is 5.18. The first-order valence-corrected chi connectivity index (χ1v) is 9.79. The van der Waals surface area contributed by atoms with E-state index in [9.17, 15) is 9.59 Å². The smallest absolute Gasteiger partial charge is 0.254 e. The molecule has 1 aromatic carbocycles. The van der Waals surface area contributed by atoms with Gasteiger partial charge in [-0.1, -0.05) is 11.6 Å². The molecule has 0 bridgehead atoms. The second-order valence-corrected chi connectivity index (χ2v) is 7.20. The second kappa shape index (κ2) is 11.1. The Balaban J connectivity index is 0.00000300. The van der Waals surface area contributed by atoms with Gasteiger partial charge in [-0.15, -0.1) is 12.4 Å². The molecule has 0 unspecified atom stereocenters. The van der Waals surface area contributed by atoms with Gasteiger partial charge in [-0.05, 0) is 37.9 Å². The van der Waals surface area contributed by atoms with Crippen molar-refractivity contribution >= 4 is 24.2 Å². The van der Waals surface area contributed by atoms with Gasteiger partial charge in [-0.3, -0.25) is 9.59 Å². The number of carbonyl (C=O) groups excluding carboxylic acids is 2. The number of methoxy groups -OCH3 is 2. The topological polar surface area (TPSA) is 79.9 Å². The molecule has 0 radical (unpaired) electrons. The Hall–Kier alpha value is -2.25. The van der Waals surface area contributed by atoms with E-state index in [1.807, 2.05) is 0 Å². The highest BCUT2D eigenvalue weighted by molar-refractivity contribution is 5.95. The van der Waals surface area contributed by atoms with Crippen molar-refractivity contribution in [3.8, 4) is 11.5 Å². The van der Waals surface area contributed by atoms with Crippen molar-refractivity contribution in [2.75, 3.05) is 46.9 Å². The van der Waals surface area contributed by atoms with Crippen LogP contribution in [0.25, 0.3) is 0 Å². The van der Waals surface area contributed by atoms with Crippen LogP contribution in [0.4, 0.5) is 0 Å². The molecule has 7 nitrogen and oxygen atoms in total. The Morgan fingerprint density at radius 2 is 1.79 bits per heavy atom. The first kappa shape index (κ1) is 23.0. The van der Waals surface area contributed by atoms with Gasteiger partial charge in [0.2, 0.25) is 5.91 Å². The Labute approximate surface area is 178 Å². The Bertz CT molecular complexity index is 723. The lowest BCUT2D eigenvalue weighted by Gasteiger charge is -2.31. The molecule has 1 aromatic rings. The van der Waals surface area contributed by atoms with Gasteiger partial charge < -0.3 is 25.0 Å². The molecule has 2 aliphatic rings. The minimum atomic E-state index is -0.0593. The fourth-order valence-electron chi connectivity index (χ4n) is 3.63. The number of hydrogen-bond donors (Lipinski definition) is 2. The number of halogens is 1. The number of rotatable bonds is 6. The molecule has 2 heterocycles. The molecule has 0 spiro atoms. The lowest BCUT2D eigenvalue weighted by atomic mass is 9.95. The molecule has 3 rings (SSSR count). The SMILES string of the molecule is COc1cc(OC)cc(C(=O)N2CCC(C(=O)NCC3=CCNCC3)CC2)c1.Cl. The minimum Gasteiger partial charge on any atom is -0.497 e. The lowest BCUT2D eigenvalue weighted by molar-refractivity contribution is -0.126. The van der Waals surface area contributed by atoms with Crippen LogP contribution in [0.5, 0.6) is 11.5 Å². The molecule has 2 amide bonds. The van der Waals surface area contributed by atoms with E-state index in [0.717, 1.165) is 19.5 Å². The molecule has 2 aliphatic heterocycles. The summed E-state index contributed by atoms with van der Waals surface area (Å²) >= 11 is 0. The van der Waals surface area contributed by atoms with Crippen molar-refractivity contribution in [3.05, 3.63) is 35.4 Å². The maximum Gasteiger partial charge on any atom is 0.254 e. The molecule has 1 saturated heterocycles. The van der Waals surface area contributed by atoms with Crippen molar-refractivity contribution in [1.29, 1.82) is 0 Å². The van der Waals surface area contributed by atoms with Gasteiger partial charge in [0.25, 0.3) is 5.91 Å². The minimum absolute atomic E-state index is 0. The van der Waals surface area contributed by atoms with Crippen LogP contribution in [0.1, 0.15) is 29.6 Å². The van der Waals surface area contributed by atoms with Crippen LogP contribution >= 0.6 is 12.4 Å². The summed E-state index contributed by atoms with van der Waals surface area (Å²) in [5.74, 6) is 1.17. The van der Waals surface area contributed by atoms with Crippen molar-refractivity contribution in [2.24, 2.45) is 5.92 Å². The van der Waals surface area contributed by atoms with Crippen LogP contribution in [0.2, 0.25) is 0 Å². The van der Waals surface area contributed by atoms with E-state index in [2.05, 4.69) is 16.7 Å². The maximum absolute atomic E-state index is 12.8. The highest BCUT2D eigenvalue weighted by atomic mass is 35.5. The highest BCUT2D eigenvalue weighted by Crippen LogP contribution is 2.25. The predicted molar refractivity (Wildman–Crippen MR) is 114 cm³/mol. The first-order chi connectivity index (χ1) is 13.6. The summed E-state index contributed by atoms with van der Waals surface area (Å²) in [6.07, 6.45) is 4.49. The Morgan fingerprint density at radius 1 is 1.14 bits per heavy atom. The van der Waals surface area contributed by atoms with E-state index in [1.54, 1.807) is 37.3 Å². The summed E-state index contributed by atoms with van der Waals surface area (Å²) in [5.41, 5.74) is 1.82. The lowest BCUT2D eigenvalue weighted by Crippen LogP contribution is -2.43. The average molecular weight is 424 g/mol. The molecule has 8 heteroatoms. The number of nitrogens with one attached hydrogen (secondary N) is 2. The van der Waals surface area contributed by atoms with Crippen molar-refractivity contribution in [2.45, 2.75) is 19.3 Å². The molecule has 0 aromatic heterocycles. The number of benzene rings is 1. The van der Waals surface area contributed by atoms with E-state index in [-0.39, 0.29) is 30.1 Å². The predicted octanol–water partition coefficient (Wildman–Crippen LogP) is 2.01. The number of piperidine rings is 1. The highest BCUT2D eigenvalue weighted by Gasteiger charge is 2.28. The number of amides is 2. The molecule has 160 valence electrons. The Kier molecular flexibility index (Phi) is 8.79. The van der Waals surface area contributed by atoms with Crippen LogP contribution < -0.4 is 20.1 Å². The number of carbonyl (C=O) groups is 2. The maximum atomic E-state index is 12.8. The van der Waals surface area contributed by atoms with Crippen LogP contribution in [0.15, 0.2) is 29.8 Å². The zero-order valence-electron chi connectivity index (χ0n) is 17.0. The number of nitrogens with zero attached hydrogens (tertiary/aromatic N) is 1. The quantitative estimate of drug-likeness (QED) is 0.684. The van der Waals surface area contributed by atoms with Crippen molar-refractivity contribution in [1.82, 2.24) is 15.5 Å². The molecule has 0 aliphatic carbocycles. The third-order valence-electron chi connectivity index (χ3n) is 5.40. The van der Waals surface area contributed by atoms with Crippen molar-refractivity contribution in [3.63, 3.8) is 0 Å². The summed E-state index contributed by atoms with van der Waals surface area (Å²) in [4.78, 5) is 27.1. The summed E-state index contributed by atoms with van der Waals surface area (Å²) in [5, 5.41) is 6.32. The average Bonchev–Trinajstić information content (AvgIpc) is 2.77. The van der Waals surface area contributed by atoms with Crippen LogP contribution in [-0.4, -0.2) is 63.7 Å². The van der Waals surface area contributed by atoms with Gasteiger partial charge in [0.15, 0.2) is 0 Å². The zero-order valence-corrected chi connectivity index (χ0v) is 17.8. The van der Waals surface area contributed by atoms with Gasteiger partial charge >= 0.3 is 0 Å². The fourth-order valence-corrected chi connectivity index (χ4v) is 3.63. The van der Waals surface area contributed by atoms with Gasteiger partial charge in [-0.25, -0.2) is 0 Å². The van der Waals surface area contributed by atoms with E-state index < -0.39 is 0 Å². The van der Waals surface area contributed by atoms with E-state index in [0.29, 0.717) is 49.5 Å². The van der Waals surface area contributed by atoms with E-state index in [4.69, 9.17) is 9.47 Å². The molecule has 0 atom stereocenters. The standard InChI is InChI=1S/C21H29N3O4.ClH/c1-27-18-11-17(12-19(13-18)28-2)21(26)24-9-5-16(6-10-24)20(25)23-14-15-3-7-22-8-4-15;/h3,11-13,16,22H,4-10,14H2,1-2H3,(H,23,25);1H. The third kappa shape index (κ3) is 6.11. The first-order valence-electron chi connectivity index (χ1n) is 9.79. The molecule has 2 N–H and O–H groups in total. The number of likely N-dealkylation sites (tertiary alicyclic amines) is 1. The molecule has 1 fully saturated rings.